The third-order valence-electron chi connectivity index (χ3n) is 4.60. The summed E-state index contributed by atoms with van der Waals surface area (Å²) in [6.07, 6.45) is -0.115. The van der Waals surface area contributed by atoms with Crippen LogP contribution in [0.4, 0.5) is 4.39 Å². The molecule has 0 unspecified atom stereocenters. The van der Waals surface area contributed by atoms with Crippen molar-refractivity contribution >= 4 is 17.1 Å². The zero-order valence-corrected chi connectivity index (χ0v) is 13.8. The zero-order chi connectivity index (χ0) is 18.6. The van der Waals surface area contributed by atoms with E-state index in [1.165, 1.54) is 10.6 Å². The van der Waals surface area contributed by atoms with E-state index in [1.807, 2.05) is 0 Å². The third kappa shape index (κ3) is 2.46. The number of hydrogen-bond acceptors (Lipinski definition) is 5. The van der Waals surface area contributed by atoms with E-state index in [2.05, 4.69) is 0 Å². The predicted octanol–water partition coefficient (Wildman–Crippen LogP) is 1.78. The Hall–Kier alpha value is -3.13. The summed E-state index contributed by atoms with van der Waals surface area (Å²) in [6.45, 7) is 0.195. The number of aryl methyl sites for hydroxylation is 1. The van der Waals surface area contributed by atoms with Gasteiger partial charge in [0.1, 0.15) is 24.2 Å². The van der Waals surface area contributed by atoms with Crippen LogP contribution in [0.2, 0.25) is 0 Å². The first-order chi connectivity index (χ1) is 12.3. The van der Waals surface area contributed by atoms with Gasteiger partial charge in [-0.25, -0.2) is 9.18 Å². The molecule has 1 atom stereocenters. The van der Waals surface area contributed by atoms with Crippen molar-refractivity contribution in [1.29, 1.82) is 0 Å². The molecule has 2 heterocycles. The van der Waals surface area contributed by atoms with Gasteiger partial charge in [-0.1, -0.05) is 0 Å². The van der Waals surface area contributed by atoms with Gasteiger partial charge in [0.25, 0.3) is 0 Å². The van der Waals surface area contributed by atoms with Crippen LogP contribution in [0, 0.1) is 5.82 Å². The average Bonchev–Trinajstić information content (AvgIpc) is 2.87. The van der Waals surface area contributed by atoms with Gasteiger partial charge in [0.2, 0.25) is 0 Å². The molecule has 0 amide bonds. The van der Waals surface area contributed by atoms with Crippen LogP contribution in [-0.2, 0) is 24.9 Å². The number of nitrogens with two attached hydrogens (primary N) is 1. The number of oxazole rings is 1. The predicted molar refractivity (Wildman–Crippen MR) is 90.5 cm³/mol. The molecule has 0 bridgehead atoms. The highest BCUT2D eigenvalue weighted by Crippen LogP contribution is 2.40. The summed E-state index contributed by atoms with van der Waals surface area (Å²) in [7, 11) is 1.59. The fourth-order valence-corrected chi connectivity index (χ4v) is 3.16. The molecule has 0 aliphatic carbocycles. The lowest BCUT2D eigenvalue weighted by atomic mass is 9.93. The lowest BCUT2D eigenvalue weighted by molar-refractivity contribution is -0.138. The number of carbonyl (C=O) groups is 1. The van der Waals surface area contributed by atoms with Crippen molar-refractivity contribution < 1.29 is 23.4 Å². The van der Waals surface area contributed by atoms with Crippen molar-refractivity contribution in [2.75, 3.05) is 0 Å². The van der Waals surface area contributed by atoms with Gasteiger partial charge < -0.3 is 20.0 Å². The maximum Gasteiger partial charge on any atom is 0.419 e. The molecule has 3 N–H and O–H groups in total. The van der Waals surface area contributed by atoms with Crippen LogP contribution in [0.15, 0.2) is 33.5 Å². The number of rotatable bonds is 3. The molecule has 26 heavy (non-hydrogen) atoms. The molecule has 0 saturated carbocycles. The second-order valence-corrected chi connectivity index (χ2v) is 6.28. The SMILES string of the molecule is Cn1c(=O)oc2cc3c(cc21)-c1cc(F)c(C[C@H](N)C(=O)O)cc1CO3. The number of carboxylic acids is 1. The third-order valence-corrected chi connectivity index (χ3v) is 4.60. The molecule has 7 nitrogen and oxygen atoms in total. The highest BCUT2D eigenvalue weighted by molar-refractivity contribution is 5.87. The van der Waals surface area contributed by atoms with Crippen LogP contribution >= 0.6 is 0 Å². The van der Waals surface area contributed by atoms with E-state index in [9.17, 15) is 14.0 Å². The van der Waals surface area contributed by atoms with Crippen LogP contribution in [0.5, 0.6) is 5.75 Å². The summed E-state index contributed by atoms with van der Waals surface area (Å²) in [5.41, 5.74) is 8.69. The number of benzene rings is 2. The number of aromatic nitrogens is 1. The van der Waals surface area contributed by atoms with Gasteiger partial charge in [-0.05, 0) is 34.9 Å². The maximum absolute atomic E-state index is 14.5. The number of aliphatic carboxylic acids is 1. The first kappa shape index (κ1) is 16.3. The van der Waals surface area contributed by atoms with E-state index >= 15 is 0 Å². The van der Waals surface area contributed by atoms with E-state index in [-0.39, 0.29) is 18.6 Å². The van der Waals surface area contributed by atoms with Gasteiger partial charge in [0.05, 0.1) is 5.52 Å². The average molecular weight is 358 g/mol. The van der Waals surface area contributed by atoms with Crippen molar-refractivity contribution in [3.05, 3.63) is 51.8 Å². The normalized spacial score (nSPS) is 13.8. The number of fused-ring (bicyclic) bond motifs is 4. The van der Waals surface area contributed by atoms with Crippen molar-refractivity contribution in [3.8, 4) is 16.9 Å². The first-order valence-electron chi connectivity index (χ1n) is 7.91. The highest BCUT2D eigenvalue weighted by atomic mass is 19.1. The van der Waals surface area contributed by atoms with E-state index in [4.69, 9.17) is 20.0 Å². The smallest absolute Gasteiger partial charge is 0.419 e. The van der Waals surface area contributed by atoms with Crippen LogP contribution in [0.1, 0.15) is 11.1 Å². The van der Waals surface area contributed by atoms with Gasteiger partial charge >= 0.3 is 11.7 Å². The second kappa shape index (κ2) is 5.70. The van der Waals surface area contributed by atoms with Crippen molar-refractivity contribution in [2.24, 2.45) is 12.8 Å². The quantitative estimate of drug-likeness (QED) is 0.739. The Morgan fingerprint density at radius 1 is 1.35 bits per heavy atom. The Morgan fingerprint density at radius 3 is 2.85 bits per heavy atom. The molecule has 4 rings (SSSR count). The number of carboxylic acid groups (broad SMARTS) is 1. The number of ether oxygens (including phenoxy) is 1. The summed E-state index contributed by atoms with van der Waals surface area (Å²) in [5.74, 6) is -1.72. The number of nitrogens with zero attached hydrogens (tertiary/aromatic N) is 1. The molecule has 8 heteroatoms. The van der Waals surface area contributed by atoms with E-state index in [0.717, 1.165) is 5.56 Å². The minimum absolute atomic E-state index is 0.115. The Morgan fingerprint density at radius 2 is 2.12 bits per heavy atom. The first-order valence-corrected chi connectivity index (χ1v) is 7.91. The Balaban J connectivity index is 1.85. The summed E-state index contributed by atoms with van der Waals surface area (Å²) in [4.78, 5) is 22.6. The van der Waals surface area contributed by atoms with E-state index < -0.39 is 23.6 Å². The zero-order valence-electron chi connectivity index (χ0n) is 13.8. The summed E-state index contributed by atoms with van der Waals surface area (Å²) in [5, 5.41) is 8.92. The molecular weight excluding hydrogens is 343 g/mol. The standard InChI is InChI=1S/C18H15FN2O5/c1-21-14-5-11-10-4-12(19)8(3-13(20)17(22)23)2-9(10)7-25-15(11)6-16(14)26-18(21)24/h2,4-6,13H,3,7,20H2,1H3,(H,22,23)/t13-/m0/s1. The molecule has 0 radical (unpaired) electrons. The highest BCUT2D eigenvalue weighted by Gasteiger charge is 2.24. The van der Waals surface area contributed by atoms with Crippen LogP contribution in [0.3, 0.4) is 0 Å². The molecule has 0 spiro atoms. The monoisotopic (exact) mass is 358 g/mol. The van der Waals surface area contributed by atoms with Gasteiger partial charge in [-0.15, -0.1) is 0 Å². The van der Waals surface area contributed by atoms with E-state index in [0.29, 0.717) is 28.0 Å². The Bertz CT molecular complexity index is 1110. The molecular formula is C18H15FN2O5. The summed E-state index contributed by atoms with van der Waals surface area (Å²) >= 11 is 0. The molecule has 134 valence electrons. The van der Waals surface area contributed by atoms with Crippen LogP contribution in [-0.4, -0.2) is 21.7 Å². The maximum atomic E-state index is 14.5. The summed E-state index contributed by atoms with van der Waals surface area (Å²) < 4.78 is 26.7. The largest absolute Gasteiger partial charge is 0.488 e. The molecule has 3 aromatic rings. The minimum atomic E-state index is -1.19. The van der Waals surface area contributed by atoms with Crippen LogP contribution in [0.25, 0.3) is 22.2 Å². The minimum Gasteiger partial charge on any atom is -0.488 e. The molecule has 1 aliphatic rings. The van der Waals surface area contributed by atoms with E-state index in [1.54, 1.807) is 25.2 Å². The lowest BCUT2D eigenvalue weighted by Gasteiger charge is -2.22. The molecule has 1 aliphatic heterocycles. The van der Waals surface area contributed by atoms with Crippen LogP contribution < -0.4 is 16.2 Å². The van der Waals surface area contributed by atoms with Crippen molar-refractivity contribution in [2.45, 2.75) is 19.1 Å². The fraction of sp³-hybridized carbons (Fsp3) is 0.222. The van der Waals surface area contributed by atoms with Gasteiger partial charge in [0, 0.05) is 25.1 Å². The topological polar surface area (TPSA) is 108 Å². The number of hydrogen-bond donors (Lipinski definition) is 2. The molecule has 0 saturated heterocycles. The summed E-state index contributed by atoms with van der Waals surface area (Å²) in [6, 6.07) is 5.08. The van der Waals surface area contributed by atoms with Gasteiger partial charge in [-0.2, -0.15) is 0 Å². The Kier molecular flexibility index (Phi) is 3.58. The van der Waals surface area contributed by atoms with Gasteiger partial charge in [0.15, 0.2) is 5.58 Å². The molecule has 2 aromatic carbocycles. The Labute approximate surface area is 146 Å². The van der Waals surface area contributed by atoms with Gasteiger partial charge in [-0.3, -0.25) is 9.36 Å². The van der Waals surface area contributed by atoms with Crippen molar-refractivity contribution in [3.63, 3.8) is 0 Å². The van der Waals surface area contributed by atoms with Crippen molar-refractivity contribution in [1.82, 2.24) is 4.57 Å². The molecule has 0 fully saturated rings. The second-order valence-electron chi connectivity index (χ2n) is 6.28. The number of halogens is 1. The lowest BCUT2D eigenvalue weighted by Crippen LogP contribution is -2.32. The molecule has 1 aromatic heterocycles. The fourth-order valence-electron chi connectivity index (χ4n) is 3.16.